The van der Waals surface area contributed by atoms with Crippen LogP contribution >= 0.6 is 23.1 Å². The van der Waals surface area contributed by atoms with Crippen molar-refractivity contribution in [2.75, 3.05) is 45.1 Å². The topological polar surface area (TPSA) is 162 Å². The van der Waals surface area contributed by atoms with E-state index in [2.05, 4.69) is 16.0 Å². The van der Waals surface area contributed by atoms with Crippen LogP contribution in [0.1, 0.15) is 57.5 Å². The number of rotatable bonds is 14. The first-order valence-corrected chi connectivity index (χ1v) is 19.0. The number of benzene rings is 3. The summed E-state index contributed by atoms with van der Waals surface area (Å²) in [6.45, 7) is 5.96. The number of hydrogen-bond acceptors (Lipinski definition) is 11. The first-order valence-electron chi connectivity index (χ1n) is 17.3. The van der Waals surface area contributed by atoms with Gasteiger partial charge in [-0.2, -0.15) is 0 Å². The smallest absolute Gasteiger partial charge is 0.341 e. The van der Waals surface area contributed by atoms with Crippen molar-refractivity contribution in [3.63, 3.8) is 0 Å². The van der Waals surface area contributed by atoms with Crippen LogP contribution in [0.3, 0.4) is 0 Å². The summed E-state index contributed by atoms with van der Waals surface area (Å²) in [4.78, 5) is 68.8. The van der Waals surface area contributed by atoms with Crippen molar-refractivity contribution in [1.29, 1.82) is 0 Å². The van der Waals surface area contributed by atoms with Crippen molar-refractivity contribution in [2.24, 2.45) is 0 Å². The molecule has 2 heterocycles. The number of thiophene rings is 1. The Balaban J connectivity index is 1.35. The highest BCUT2D eigenvalue weighted by Gasteiger charge is 2.31. The number of nitrogens with one attached hydrogen (secondary N) is 3. The largest absolute Gasteiger partial charge is 0.493 e. The molecule has 15 heteroatoms. The number of carbonyl (C=O) groups is 5. The van der Waals surface area contributed by atoms with Gasteiger partial charge in [-0.3, -0.25) is 19.2 Å². The number of methoxy groups -OCH3 is 3. The Kier molecular flexibility index (Phi) is 13.6. The number of hydrogen-bond donors (Lipinski definition) is 3. The van der Waals surface area contributed by atoms with Gasteiger partial charge < -0.3 is 39.8 Å². The minimum absolute atomic E-state index is 0.0589. The van der Waals surface area contributed by atoms with E-state index in [9.17, 15) is 24.0 Å². The van der Waals surface area contributed by atoms with E-state index in [0.717, 1.165) is 10.4 Å². The molecule has 55 heavy (non-hydrogen) atoms. The maximum Gasteiger partial charge on any atom is 0.341 e. The Labute approximate surface area is 327 Å². The number of carbonyl (C=O) groups excluding carboxylic acids is 5. The summed E-state index contributed by atoms with van der Waals surface area (Å²) in [5.74, 6) is -0.932. The van der Waals surface area contributed by atoms with E-state index in [1.54, 1.807) is 85.5 Å². The molecule has 1 unspecified atom stereocenters. The number of thioether (sulfide) groups is 1. The molecule has 1 aliphatic rings. The maximum absolute atomic E-state index is 13.8. The molecule has 4 amide bonds. The molecule has 1 aliphatic heterocycles. The van der Waals surface area contributed by atoms with Gasteiger partial charge >= 0.3 is 5.97 Å². The number of nitrogens with zero attached hydrogens (tertiary/aromatic N) is 1. The van der Waals surface area contributed by atoms with Crippen LogP contribution in [0.5, 0.6) is 17.2 Å². The van der Waals surface area contributed by atoms with Crippen LogP contribution < -0.4 is 30.2 Å². The van der Waals surface area contributed by atoms with Gasteiger partial charge in [-0.05, 0) is 79.9 Å². The van der Waals surface area contributed by atoms with Crippen molar-refractivity contribution >= 4 is 69.5 Å². The molecule has 0 bridgehead atoms. The summed E-state index contributed by atoms with van der Waals surface area (Å²) in [5, 5.41) is 8.27. The fraction of sp³-hybridized carbons (Fsp3) is 0.275. The highest BCUT2D eigenvalue weighted by atomic mass is 32.2. The van der Waals surface area contributed by atoms with E-state index in [1.807, 2.05) is 0 Å². The van der Waals surface area contributed by atoms with Gasteiger partial charge in [0.15, 0.2) is 11.5 Å². The summed E-state index contributed by atoms with van der Waals surface area (Å²) < 4.78 is 21.7. The molecule has 0 saturated heterocycles. The normalized spacial score (nSPS) is 12.8. The quantitative estimate of drug-likeness (QED) is 0.0743. The molecular formula is C40H42N4O9S2. The van der Waals surface area contributed by atoms with Crippen LogP contribution in [-0.2, 0) is 32.1 Å². The lowest BCUT2D eigenvalue weighted by molar-refractivity contribution is -0.129. The van der Waals surface area contributed by atoms with Crippen LogP contribution in [0.25, 0.3) is 6.08 Å². The minimum atomic E-state index is -0.616. The molecule has 0 saturated carbocycles. The summed E-state index contributed by atoms with van der Waals surface area (Å²) in [7, 11) is 4.44. The molecule has 5 rings (SSSR count). The molecule has 13 nitrogen and oxygen atoms in total. The highest BCUT2D eigenvalue weighted by molar-refractivity contribution is 8.00. The van der Waals surface area contributed by atoms with Crippen molar-refractivity contribution in [3.05, 3.63) is 99.6 Å². The summed E-state index contributed by atoms with van der Waals surface area (Å²) >= 11 is 2.53. The van der Waals surface area contributed by atoms with Gasteiger partial charge in [0, 0.05) is 34.5 Å². The van der Waals surface area contributed by atoms with Gasteiger partial charge in [0.2, 0.25) is 17.6 Å². The molecule has 4 aromatic rings. The number of anilines is 2. The number of ether oxygens (including phenoxy) is 4. The minimum Gasteiger partial charge on any atom is -0.493 e. The van der Waals surface area contributed by atoms with Crippen LogP contribution in [0.2, 0.25) is 0 Å². The summed E-state index contributed by atoms with van der Waals surface area (Å²) in [6.07, 6.45) is 1.98. The van der Waals surface area contributed by atoms with Crippen molar-refractivity contribution < 1.29 is 42.9 Å². The van der Waals surface area contributed by atoms with Gasteiger partial charge in [0.25, 0.3) is 11.8 Å². The summed E-state index contributed by atoms with van der Waals surface area (Å²) in [6, 6.07) is 18.7. The lowest BCUT2D eigenvalue weighted by Gasteiger charge is -2.25. The molecular weight excluding hydrogens is 745 g/mol. The summed E-state index contributed by atoms with van der Waals surface area (Å²) in [5.41, 5.74) is 2.32. The number of amides is 4. The molecule has 0 aliphatic carbocycles. The number of fused-ring (bicyclic) bond motifs is 1. The Morgan fingerprint density at radius 3 is 2.27 bits per heavy atom. The second-order valence-corrected chi connectivity index (χ2v) is 14.7. The molecule has 3 aromatic carbocycles. The lowest BCUT2D eigenvalue weighted by Crippen LogP contribution is -2.34. The zero-order chi connectivity index (χ0) is 39.6. The van der Waals surface area contributed by atoms with E-state index >= 15 is 0 Å². The Morgan fingerprint density at radius 1 is 0.927 bits per heavy atom. The molecule has 3 N–H and O–H groups in total. The fourth-order valence-corrected chi connectivity index (χ4v) is 7.97. The van der Waals surface area contributed by atoms with E-state index in [-0.39, 0.29) is 24.1 Å². The predicted octanol–water partition coefficient (Wildman–Crippen LogP) is 6.38. The average molecular weight is 787 g/mol. The van der Waals surface area contributed by atoms with Crippen LogP contribution in [-0.4, -0.2) is 74.2 Å². The van der Waals surface area contributed by atoms with Gasteiger partial charge in [-0.25, -0.2) is 4.79 Å². The third-order valence-corrected chi connectivity index (χ3v) is 10.7. The van der Waals surface area contributed by atoms with E-state index < -0.39 is 23.0 Å². The molecule has 288 valence electrons. The Hall–Kier alpha value is -5.80. The maximum atomic E-state index is 13.8. The predicted molar refractivity (Wildman–Crippen MR) is 212 cm³/mol. The standard InChI is InChI=1S/C40H42N4O9S2/c1-7-53-40(49)34-29-16-17-44(24(3)45)22-33(29)55-39(34)43-36(46)23(2)54-28-15-11-14-27(21-28)41-38(48)30(42-37(47)26-12-9-8-10-13-26)18-25-19-31(50-4)35(52-6)32(20-25)51-5/h8-15,18-21,23H,7,16-17,22H2,1-6H3,(H,41,48)(H,42,47)(H,43,46)/b30-18+. The molecule has 1 atom stereocenters. The lowest BCUT2D eigenvalue weighted by atomic mass is 10.0. The fourth-order valence-electron chi connectivity index (χ4n) is 5.79. The van der Waals surface area contributed by atoms with Gasteiger partial charge in [-0.1, -0.05) is 24.3 Å². The zero-order valence-electron chi connectivity index (χ0n) is 31.3. The third kappa shape index (κ3) is 9.85. The molecule has 0 fully saturated rings. The van der Waals surface area contributed by atoms with Gasteiger partial charge in [0.05, 0.1) is 45.3 Å². The SMILES string of the molecule is CCOC(=O)c1c(NC(=O)C(C)Sc2cccc(NC(=O)/C(=C\c3cc(OC)c(OC)c(OC)c3)NC(=O)c3ccccc3)c2)sc2c1CCN(C(C)=O)C2. The highest BCUT2D eigenvalue weighted by Crippen LogP contribution is 2.40. The molecule has 0 spiro atoms. The Bertz CT molecular complexity index is 2090. The zero-order valence-corrected chi connectivity index (χ0v) is 32.9. The third-order valence-electron chi connectivity index (χ3n) is 8.52. The van der Waals surface area contributed by atoms with Crippen molar-refractivity contribution in [2.45, 2.75) is 43.9 Å². The molecule has 1 aromatic heterocycles. The van der Waals surface area contributed by atoms with Crippen LogP contribution in [0.15, 0.2) is 77.3 Å². The van der Waals surface area contributed by atoms with Crippen molar-refractivity contribution in [1.82, 2.24) is 10.2 Å². The van der Waals surface area contributed by atoms with Crippen LogP contribution in [0, 0.1) is 0 Å². The second-order valence-electron chi connectivity index (χ2n) is 12.2. The van der Waals surface area contributed by atoms with Gasteiger partial charge in [0.1, 0.15) is 10.7 Å². The van der Waals surface area contributed by atoms with Gasteiger partial charge in [-0.15, -0.1) is 23.1 Å². The first kappa shape index (κ1) is 40.4. The Morgan fingerprint density at radius 2 is 1.64 bits per heavy atom. The second kappa shape index (κ2) is 18.5. The van der Waals surface area contributed by atoms with E-state index in [1.165, 1.54) is 57.4 Å². The van der Waals surface area contributed by atoms with Crippen LogP contribution in [0.4, 0.5) is 10.7 Å². The van der Waals surface area contributed by atoms with E-state index in [4.69, 9.17) is 18.9 Å². The monoisotopic (exact) mass is 786 g/mol. The first-order chi connectivity index (χ1) is 26.5. The van der Waals surface area contributed by atoms with E-state index in [0.29, 0.717) is 69.0 Å². The average Bonchev–Trinajstić information content (AvgIpc) is 3.54. The molecule has 0 radical (unpaired) electrons. The van der Waals surface area contributed by atoms with Crippen molar-refractivity contribution in [3.8, 4) is 17.2 Å². The number of esters is 1.